The first kappa shape index (κ1) is 18.5. The summed E-state index contributed by atoms with van der Waals surface area (Å²) in [6, 6.07) is 4.64. The SMILES string of the molecule is CCOCCCNC(=O)c1ccc2c(c1)C(=O)N(CC1CCCO1)C2=O. The van der Waals surface area contributed by atoms with Crippen molar-refractivity contribution in [3.8, 4) is 0 Å². The van der Waals surface area contributed by atoms with E-state index in [2.05, 4.69) is 5.32 Å². The summed E-state index contributed by atoms with van der Waals surface area (Å²) in [6.45, 7) is 4.59. The molecule has 1 fully saturated rings. The molecule has 0 saturated carbocycles. The summed E-state index contributed by atoms with van der Waals surface area (Å²) >= 11 is 0. The van der Waals surface area contributed by atoms with E-state index in [1.165, 1.54) is 11.0 Å². The highest BCUT2D eigenvalue weighted by Gasteiger charge is 2.37. The molecule has 1 saturated heterocycles. The minimum Gasteiger partial charge on any atom is -0.382 e. The van der Waals surface area contributed by atoms with E-state index in [1.54, 1.807) is 12.1 Å². The summed E-state index contributed by atoms with van der Waals surface area (Å²) in [4.78, 5) is 38.6. The average molecular weight is 360 g/mol. The largest absolute Gasteiger partial charge is 0.382 e. The summed E-state index contributed by atoms with van der Waals surface area (Å²) in [5, 5.41) is 2.80. The first-order valence-electron chi connectivity index (χ1n) is 9.09. The van der Waals surface area contributed by atoms with Crippen LogP contribution in [0.5, 0.6) is 0 Å². The van der Waals surface area contributed by atoms with Crippen LogP contribution in [0.2, 0.25) is 0 Å². The van der Waals surface area contributed by atoms with Gasteiger partial charge in [-0.3, -0.25) is 19.3 Å². The van der Waals surface area contributed by atoms with E-state index in [4.69, 9.17) is 9.47 Å². The molecule has 1 atom stereocenters. The van der Waals surface area contributed by atoms with E-state index >= 15 is 0 Å². The van der Waals surface area contributed by atoms with E-state index in [1.807, 2.05) is 6.92 Å². The molecule has 1 aromatic carbocycles. The lowest BCUT2D eigenvalue weighted by Gasteiger charge is -2.17. The molecule has 2 heterocycles. The molecule has 0 aromatic heterocycles. The molecule has 2 aliphatic rings. The van der Waals surface area contributed by atoms with Gasteiger partial charge in [-0.05, 0) is 44.4 Å². The zero-order chi connectivity index (χ0) is 18.5. The maximum absolute atomic E-state index is 12.6. The molecule has 7 heteroatoms. The van der Waals surface area contributed by atoms with Gasteiger partial charge in [0.15, 0.2) is 0 Å². The molecule has 0 radical (unpaired) electrons. The first-order chi connectivity index (χ1) is 12.6. The Morgan fingerprint density at radius 1 is 1.31 bits per heavy atom. The molecule has 0 spiro atoms. The van der Waals surface area contributed by atoms with Crippen LogP contribution < -0.4 is 5.32 Å². The number of rotatable bonds is 8. The van der Waals surface area contributed by atoms with Crippen molar-refractivity contribution in [1.29, 1.82) is 0 Å². The molecular weight excluding hydrogens is 336 g/mol. The number of imide groups is 1. The lowest BCUT2D eigenvalue weighted by Crippen LogP contribution is -2.36. The topological polar surface area (TPSA) is 84.9 Å². The van der Waals surface area contributed by atoms with Gasteiger partial charge in [0, 0.05) is 31.9 Å². The smallest absolute Gasteiger partial charge is 0.261 e. The van der Waals surface area contributed by atoms with Crippen LogP contribution in [0.25, 0.3) is 0 Å². The van der Waals surface area contributed by atoms with Crippen molar-refractivity contribution in [1.82, 2.24) is 10.2 Å². The van der Waals surface area contributed by atoms with Gasteiger partial charge in [0.2, 0.25) is 0 Å². The maximum Gasteiger partial charge on any atom is 0.261 e. The van der Waals surface area contributed by atoms with Crippen LogP contribution in [0.3, 0.4) is 0 Å². The molecule has 1 N–H and O–H groups in total. The Kier molecular flexibility index (Phi) is 6.00. The van der Waals surface area contributed by atoms with Crippen molar-refractivity contribution >= 4 is 17.7 Å². The number of ether oxygens (including phenoxy) is 2. The summed E-state index contributed by atoms with van der Waals surface area (Å²) in [7, 11) is 0. The Labute approximate surface area is 152 Å². The molecule has 0 aliphatic carbocycles. The normalized spacial score (nSPS) is 19.1. The number of benzene rings is 1. The number of amides is 3. The van der Waals surface area contributed by atoms with Gasteiger partial charge in [0.25, 0.3) is 17.7 Å². The minimum atomic E-state index is -0.355. The van der Waals surface area contributed by atoms with Crippen molar-refractivity contribution in [2.24, 2.45) is 0 Å². The number of nitrogens with zero attached hydrogens (tertiary/aromatic N) is 1. The predicted octanol–water partition coefficient (Wildman–Crippen LogP) is 1.62. The van der Waals surface area contributed by atoms with Crippen LogP contribution in [-0.2, 0) is 9.47 Å². The van der Waals surface area contributed by atoms with Gasteiger partial charge in [0.05, 0.1) is 23.8 Å². The van der Waals surface area contributed by atoms with Crippen molar-refractivity contribution in [2.45, 2.75) is 32.3 Å². The quantitative estimate of drug-likeness (QED) is 0.562. The highest BCUT2D eigenvalue weighted by Crippen LogP contribution is 2.26. The molecule has 3 rings (SSSR count). The van der Waals surface area contributed by atoms with Crippen molar-refractivity contribution in [3.63, 3.8) is 0 Å². The number of nitrogens with one attached hydrogen (secondary N) is 1. The summed E-state index contributed by atoms with van der Waals surface area (Å²) in [5.41, 5.74) is 1.01. The zero-order valence-electron chi connectivity index (χ0n) is 15.0. The second-order valence-corrected chi connectivity index (χ2v) is 6.42. The van der Waals surface area contributed by atoms with Crippen molar-refractivity contribution < 1.29 is 23.9 Å². The van der Waals surface area contributed by atoms with Crippen LogP contribution in [0, 0.1) is 0 Å². The number of carbonyl (C=O) groups excluding carboxylic acids is 3. The van der Waals surface area contributed by atoms with Gasteiger partial charge in [-0.25, -0.2) is 0 Å². The molecule has 3 amide bonds. The summed E-state index contributed by atoms with van der Waals surface area (Å²) < 4.78 is 10.7. The van der Waals surface area contributed by atoms with Crippen LogP contribution in [-0.4, -0.2) is 61.6 Å². The molecule has 26 heavy (non-hydrogen) atoms. The lowest BCUT2D eigenvalue weighted by molar-refractivity contribution is 0.0475. The fraction of sp³-hybridized carbons (Fsp3) is 0.526. The van der Waals surface area contributed by atoms with Gasteiger partial charge in [0.1, 0.15) is 0 Å². The highest BCUT2D eigenvalue weighted by molar-refractivity contribution is 6.22. The van der Waals surface area contributed by atoms with Gasteiger partial charge in [-0.1, -0.05) is 0 Å². The van der Waals surface area contributed by atoms with E-state index in [0.29, 0.717) is 37.5 Å². The lowest BCUT2D eigenvalue weighted by atomic mass is 10.1. The van der Waals surface area contributed by atoms with Crippen LogP contribution in [0.4, 0.5) is 0 Å². The number of carbonyl (C=O) groups is 3. The molecule has 1 unspecified atom stereocenters. The molecule has 1 aromatic rings. The average Bonchev–Trinajstić information content (AvgIpc) is 3.24. The van der Waals surface area contributed by atoms with Gasteiger partial charge < -0.3 is 14.8 Å². The van der Waals surface area contributed by atoms with Crippen LogP contribution in [0.15, 0.2) is 18.2 Å². The predicted molar refractivity (Wildman–Crippen MR) is 94.2 cm³/mol. The Hall–Kier alpha value is -2.25. The monoisotopic (exact) mass is 360 g/mol. The highest BCUT2D eigenvalue weighted by atomic mass is 16.5. The number of fused-ring (bicyclic) bond motifs is 1. The van der Waals surface area contributed by atoms with Crippen molar-refractivity contribution in [3.05, 3.63) is 34.9 Å². The fourth-order valence-electron chi connectivity index (χ4n) is 3.21. The first-order valence-corrected chi connectivity index (χ1v) is 9.09. The third-order valence-electron chi connectivity index (χ3n) is 4.60. The summed E-state index contributed by atoms with van der Waals surface area (Å²) in [6.07, 6.45) is 2.42. The standard InChI is InChI=1S/C19H24N2O5/c1-2-25-9-4-8-20-17(22)13-6-7-15-16(11-13)19(24)21(18(15)23)12-14-5-3-10-26-14/h6-7,11,14H,2-5,8-10,12H2,1H3,(H,20,22). The minimum absolute atomic E-state index is 0.0923. The number of hydrogen-bond acceptors (Lipinski definition) is 5. The molecule has 2 aliphatic heterocycles. The summed E-state index contributed by atoms with van der Waals surface area (Å²) in [5.74, 6) is -0.933. The molecule has 0 bridgehead atoms. The van der Waals surface area contributed by atoms with E-state index in [-0.39, 0.29) is 35.9 Å². The fourth-order valence-corrected chi connectivity index (χ4v) is 3.21. The van der Waals surface area contributed by atoms with Gasteiger partial charge in [-0.2, -0.15) is 0 Å². The maximum atomic E-state index is 12.6. The zero-order valence-corrected chi connectivity index (χ0v) is 15.0. The third kappa shape index (κ3) is 3.94. The Morgan fingerprint density at radius 3 is 2.85 bits per heavy atom. The molecule has 140 valence electrons. The second kappa shape index (κ2) is 8.42. The third-order valence-corrected chi connectivity index (χ3v) is 4.60. The van der Waals surface area contributed by atoms with Crippen molar-refractivity contribution in [2.75, 3.05) is 32.9 Å². The molecular formula is C19H24N2O5. The van der Waals surface area contributed by atoms with Gasteiger partial charge >= 0.3 is 0 Å². The second-order valence-electron chi connectivity index (χ2n) is 6.42. The van der Waals surface area contributed by atoms with E-state index < -0.39 is 0 Å². The van der Waals surface area contributed by atoms with Crippen LogP contribution >= 0.6 is 0 Å². The van der Waals surface area contributed by atoms with Crippen LogP contribution in [0.1, 0.15) is 57.3 Å². The van der Waals surface area contributed by atoms with E-state index in [9.17, 15) is 14.4 Å². The number of hydrogen-bond donors (Lipinski definition) is 1. The van der Waals surface area contributed by atoms with Gasteiger partial charge in [-0.15, -0.1) is 0 Å². The Morgan fingerprint density at radius 2 is 2.12 bits per heavy atom. The van der Waals surface area contributed by atoms with E-state index in [0.717, 1.165) is 19.3 Å². The Bertz CT molecular complexity index is 697. The molecule has 7 nitrogen and oxygen atoms in total. The Balaban J connectivity index is 1.64.